The minimum absolute atomic E-state index is 0.114. The molecule has 0 saturated carbocycles. The summed E-state index contributed by atoms with van der Waals surface area (Å²) in [4.78, 5) is 2.06. The Morgan fingerprint density at radius 2 is 1.94 bits per heavy atom. The Morgan fingerprint density at radius 3 is 2.59 bits per heavy atom. The number of hydrogen-bond donors (Lipinski definition) is 1. The second kappa shape index (κ2) is 5.51. The molecule has 0 aromatic heterocycles. The summed E-state index contributed by atoms with van der Waals surface area (Å²) in [6.45, 7) is 3.75. The van der Waals surface area contributed by atoms with Crippen molar-refractivity contribution in [2.45, 2.75) is 13.0 Å². The minimum atomic E-state index is -2.54. The molecule has 1 fully saturated rings. The van der Waals surface area contributed by atoms with Crippen molar-refractivity contribution in [1.82, 2.24) is 10.2 Å². The average molecular weight is 244 g/mol. The molecule has 94 valence electrons. The lowest BCUT2D eigenvalue weighted by molar-refractivity contribution is 0.151. The highest BCUT2D eigenvalue weighted by Crippen LogP contribution is 2.22. The Balaban J connectivity index is 2.10. The lowest BCUT2D eigenvalue weighted by Crippen LogP contribution is -2.43. The van der Waals surface area contributed by atoms with Crippen LogP contribution in [-0.2, 0) is 6.54 Å². The maximum absolute atomic E-state index is 13.5. The van der Waals surface area contributed by atoms with Gasteiger partial charge in [0.2, 0.25) is 0 Å². The number of alkyl halides is 2. The van der Waals surface area contributed by atoms with Crippen LogP contribution in [0.3, 0.4) is 0 Å². The first-order chi connectivity index (χ1) is 8.16. The summed E-state index contributed by atoms with van der Waals surface area (Å²) >= 11 is 0. The number of benzene rings is 1. The van der Waals surface area contributed by atoms with Crippen molar-refractivity contribution in [1.29, 1.82) is 0 Å². The highest BCUT2D eigenvalue weighted by atomic mass is 19.3. The predicted molar refractivity (Wildman–Crippen MR) is 59.5 cm³/mol. The number of halogens is 3. The topological polar surface area (TPSA) is 15.3 Å². The molecule has 0 atom stereocenters. The maximum Gasteiger partial charge on any atom is 0.263 e. The van der Waals surface area contributed by atoms with Gasteiger partial charge >= 0.3 is 0 Å². The second-order valence-electron chi connectivity index (χ2n) is 4.18. The molecule has 1 aliphatic heterocycles. The summed E-state index contributed by atoms with van der Waals surface area (Å²) in [5.41, 5.74) is 0.237. The Bertz CT molecular complexity index is 376. The van der Waals surface area contributed by atoms with Crippen LogP contribution < -0.4 is 5.32 Å². The van der Waals surface area contributed by atoms with Gasteiger partial charge in [0, 0.05) is 43.9 Å². The Hall–Kier alpha value is -1.07. The van der Waals surface area contributed by atoms with Gasteiger partial charge in [-0.2, -0.15) is 0 Å². The van der Waals surface area contributed by atoms with Crippen molar-refractivity contribution in [2.24, 2.45) is 0 Å². The van der Waals surface area contributed by atoms with Gasteiger partial charge in [-0.1, -0.05) is 6.07 Å². The van der Waals surface area contributed by atoms with Gasteiger partial charge < -0.3 is 5.32 Å². The van der Waals surface area contributed by atoms with Crippen LogP contribution in [0, 0.1) is 5.82 Å². The smallest absolute Gasteiger partial charge is 0.263 e. The fourth-order valence-corrected chi connectivity index (χ4v) is 1.96. The van der Waals surface area contributed by atoms with Gasteiger partial charge in [-0.15, -0.1) is 0 Å². The fraction of sp³-hybridized carbons (Fsp3) is 0.500. The van der Waals surface area contributed by atoms with E-state index in [1.807, 2.05) is 0 Å². The second-order valence-corrected chi connectivity index (χ2v) is 4.18. The number of nitrogens with zero attached hydrogens (tertiary/aromatic N) is 1. The van der Waals surface area contributed by atoms with Crippen molar-refractivity contribution >= 4 is 0 Å². The van der Waals surface area contributed by atoms with Gasteiger partial charge in [0.25, 0.3) is 6.43 Å². The molecule has 17 heavy (non-hydrogen) atoms. The van der Waals surface area contributed by atoms with Gasteiger partial charge in [-0.25, -0.2) is 13.2 Å². The Morgan fingerprint density at radius 1 is 1.24 bits per heavy atom. The predicted octanol–water partition coefficient (Wildman–Crippen LogP) is 2.17. The molecule has 0 amide bonds. The molecule has 2 nitrogen and oxygen atoms in total. The van der Waals surface area contributed by atoms with E-state index in [1.54, 1.807) is 0 Å². The van der Waals surface area contributed by atoms with Gasteiger partial charge in [-0.05, 0) is 12.1 Å². The number of rotatable bonds is 3. The summed E-state index contributed by atoms with van der Waals surface area (Å²) in [5, 5.41) is 3.19. The summed E-state index contributed by atoms with van der Waals surface area (Å²) in [6.07, 6.45) is -2.54. The first-order valence-electron chi connectivity index (χ1n) is 5.66. The molecular weight excluding hydrogens is 229 g/mol. The monoisotopic (exact) mass is 244 g/mol. The van der Waals surface area contributed by atoms with E-state index in [4.69, 9.17) is 0 Å². The normalized spacial score (nSPS) is 17.6. The molecule has 2 rings (SSSR count). The quantitative estimate of drug-likeness (QED) is 0.876. The van der Waals surface area contributed by atoms with E-state index >= 15 is 0 Å². The molecule has 0 spiro atoms. The molecule has 1 aromatic rings. The van der Waals surface area contributed by atoms with E-state index in [-0.39, 0.29) is 5.56 Å². The third kappa shape index (κ3) is 3.20. The first kappa shape index (κ1) is 12.4. The Labute approximate surface area is 98.4 Å². The third-order valence-electron chi connectivity index (χ3n) is 2.93. The molecular formula is C12H15F3N2. The van der Waals surface area contributed by atoms with Crippen molar-refractivity contribution < 1.29 is 13.2 Å². The molecule has 0 radical (unpaired) electrons. The molecule has 1 heterocycles. The van der Waals surface area contributed by atoms with Crippen LogP contribution in [0.2, 0.25) is 0 Å². The van der Waals surface area contributed by atoms with Crippen molar-refractivity contribution in [2.75, 3.05) is 26.2 Å². The van der Waals surface area contributed by atoms with Crippen molar-refractivity contribution in [3.63, 3.8) is 0 Å². The zero-order valence-corrected chi connectivity index (χ0v) is 9.43. The van der Waals surface area contributed by atoms with Crippen LogP contribution in [-0.4, -0.2) is 31.1 Å². The largest absolute Gasteiger partial charge is 0.314 e. The van der Waals surface area contributed by atoms with Crippen molar-refractivity contribution in [3.8, 4) is 0 Å². The van der Waals surface area contributed by atoms with E-state index < -0.39 is 12.2 Å². The SMILES string of the molecule is Fc1ccc(C(F)F)cc1CN1CCNCC1. The highest BCUT2D eigenvalue weighted by Gasteiger charge is 2.15. The van der Waals surface area contributed by atoms with Gasteiger partial charge in [-0.3, -0.25) is 4.90 Å². The summed E-state index contributed by atoms with van der Waals surface area (Å²) in [5.74, 6) is -0.409. The molecule has 0 unspecified atom stereocenters. The molecule has 1 N–H and O–H groups in total. The summed E-state index contributed by atoms with van der Waals surface area (Å²) < 4.78 is 38.5. The van der Waals surface area contributed by atoms with E-state index in [2.05, 4.69) is 10.2 Å². The lowest BCUT2D eigenvalue weighted by Gasteiger charge is -2.27. The Kier molecular flexibility index (Phi) is 4.02. The van der Waals surface area contributed by atoms with E-state index in [1.165, 1.54) is 6.07 Å². The fourth-order valence-electron chi connectivity index (χ4n) is 1.96. The molecule has 5 heteroatoms. The van der Waals surface area contributed by atoms with Gasteiger partial charge in [0.1, 0.15) is 5.82 Å². The number of hydrogen-bond acceptors (Lipinski definition) is 2. The zero-order valence-electron chi connectivity index (χ0n) is 9.43. The van der Waals surface area contributed by atoms with Crippen LogP contribution in [0.1, 0.15) is 17.6 Å². The molecule has 1 aliphatic rings. The summed E-state index contributed by atoms with van der Waals surface area (Å²) in [7, 11) is 0. The number of nitrogens with one attached hydrogen (secondary N) is 1. The summed E-state index contributed by atoms with van der Waals surface area (Å²) in [6, 6.07) is 3.53. The van der Waals surface area contributed by atoms with Crippen LogP contribution >= 0.6 is 0 Å². The van der Waals surface area contributed by atoms with Crippen molar-refractivity contribution in [3.05, 3.63) is 35.1 Å². The molecule has 0 bridgehead atoms. The van der Waals surface area contributed by atoms with E-state index in [0.29, 0.717) is 12.1 Å². The zero-order chi connectivity index (χ0) is 12.3. The third-order valence-corrected chi connectivity index (χ3v) is 2.93. The van der Waals surface area contributed by atoms with Crippen LogP contribution in [0.25, 0.3) is 0 Å². The van der Waals surface area contributed by atoms with Crippen LogP contribution in [0.4, 0.5) is 13.2 Å². The standard InChI is InChI=1S/C12H15F3N2/c13-11-2-1-9(12(14)15)7-10(11)8-17-5-3-16-4-6-17/h1-2,7,12,16H,3-6,8H2. The molecule has 1 aromatic carbocycles. The number of piperazine rings is 1. The molecule has 0 aliphatic carbocycles. The maximum atomic E-state index is 13.5. The lowest BCUT2D eigenvalue weighted by atomic mass is 10.1. The highest BCUT2D eigenvalue weighted by molar-refractivity contribution is 5.26. The van der Waals surface area contributed by atoms with Gasteiger partial charge in [0.15, 0.2) is 0 Å². The minimum Gasteiger partial charge on any atom is -0.314 e. The van der Waals surface area contributed by atoms with Crippen LogP contribution in [0.15, 0.2) is 18.2 Å². The van der Waals surface area contributed by atoms with Gasteiger partial charge in [0.05, 0.1) is 0 Å². The average Bonchev–Trinajstić information content (AvgIpc) is 2.33. The van der Waals surface area contributed by atoms with Crippen LogP contribution in [0.5, 0.6) is 0 Å². The molecule has 1 saturated heterocycles. The van der Waals surface area contributed by atoms with E-state index in [9.17, 15) is 13.2 Å². The first-order valence-corrected chi connectivity index (χ1v) is 5.66. The van der Waals surface area contributed by atoms with E-state index in [0.717, 1.165) is 38.3 Å².